The van der Waals surface area contributed by atoms with Gasteiger partial charge < -0.3 is 10.0 Å². The highest BCUT2D eigenvalue weighted by Gasteiger charge is 2.29. The highest BCUT2D eigenvalue weighted by Crippen LogP contribution is 2.17. The molecule has 0 aromatic carbocycles. The van der Waals surface area contributed by atoms with E-state index in [-0.39, 0.29) is 18.2 Å². The Hall–Kier alpha value is -1.32. The highest BCUT2D eigenvalue weighted by atomic mass is 16.4. The molecule has 0 aromatic rings. The van der Waals surface area contributed by atoms with Gasteiger partial charge in [-0.1, -0.05) is 32.8 Å². The maximum atomic E-state index is 12.2. The number of likely N-dealkylation sites (N-methyl/N-ethyl adjacent to an activating group) is 1. The first-order valence-electron chi connectivity index (χ1n) is 6.59. The van der Waals surface area contributed by atoms with Crippen LogP contribution in [0.15, 0.2) is 12.7 Å². The van der Waals surface area contributed by atoms with Crippen molar-refractivity contribution in [1.82, 2.24) is 4.90 Å². The largest absolute Gasteiger partial charge is 0.480 e. The lowest BCUT2D eigenvalue weighted by Gasteiger charge is -2.27. The number of carboxylic acid groups (broad SMARTS) is 1. The second kappa shape index (κ2) is 8.72. The van der Waals surface area contributed by atoms with Gasteiger partial charge in [-0.15, -0.1) is 6.58 Å². The summed E-state index contributed by atoms with van der Waals surface area (Å²) in [5.41, 5.74) is 0. The van der Waals surface area contributed by atoms with Crippen molar-refractivity contribution in [3.05, 3.63) is 12.7 Å². The van der Waals surface area contributed by atoms with Crippen LogP contribution < -0.4 is 0 Å². The molecule has 4 nitrogen and oxygen atoms in total. The van der Waals surface area contributed by atoms with E-state index in [1.165, 1.54) is 11.0 Å². The SMILES string of the molecule is C=CC[C@@H](C(=O)O)N(C)C(=O)C(CC)CCCC. The van der Waals surface area contributed by atoms with Gasteiger partial charge in [0.25, 0.3) is 0 Å². The predicted octanol–water partition coefficient (Wildman–Crippen LogP) is 2.69. The Labute approximate surface area is 110 Å². The van der Waals surface area contributed by atoms with Crippen LogP contribution >= 0.6 is 0 Å². The lowest BCUT2D eigenvalue weighted by molar-refractivity contribution is -0.150. The molecule has 2 atom stereocenters. The van der Waals surface area contributed by atoms with Gasteiger partial charge in [-0.05, 0) is 19.3 Å². The Morgan fingerprint density at radius 3 is 2.39 bits per heavy atom. The molecule has 104 valence electrons. The summed E-state index contributed by atoms with van der Waals surface area (Å²) in [6.45, 7) is 7.59. The van der Waals surface area contributed by atoms with E-state index in [0.717, 1.165) is 25.7 Å². The van der Waals surface area contributed by atoms with Crippen LogP contribution in [0.5, 0.6) is 0 Å². The third-order valence-corrected chi connectivity index (χ3v) is 3.24. The fourth-order valence-corrected chi connectivity index (χ4v) is 1.98. The minimum atomic E-state index is -0.976. The number of carboxylic acids is 1. The molecule has 1 unspecified atom stereocenters. The van der Waals surface area contributed by atoms with E-state index in [2.05, 4.69) is 13.5 Å². The van der Waals surface area contributed by atoms with Crippen LogP contribution in [-0.2, 0) is 9.59 Å². The maximum Gasteiger partial charge on any atom is 0.326 e. The van der Waals surface area contributed by atoms with Crippen molar-refractivity contribution in [2.75, 3.05) is 7.05 Å². The zero-order valence-electron chi connectivity index (χ0n) is 11.7. The van der Waals surface area contributed by atoms with Gasteiger partial charge in [-0.25, -0.2) is 4.79 Å². The summed E-state index contributed by atoms with van der Waals surface area (Å²) in [4.78, 5) is 24.7. The molecular formula is C14H25NO3. The normalized spacial score (nSPS) is 13.7. The standard InChI is InChI=1S/C14H25NO3/c1-5-8-10-11(7-3)13(16)15(4)12(9-6-2)14(17)18/h6,11-12H,2,5,7-10H2,1,3-4H3,(H,17,18)/t11?,12-/m0/s1. The van der Waals surface area contributed by atoms with E-state index < -0.39 is 12.0 Å². The lowest BCUT2D eigenvalue weighted by atomic mass is 9.97. The zero-order chi connectivity index (χ0) is 14.1. The number of carbonyl (C=O) groups is 2. The molecule has 0 rings (SSSR count). The summed E-state index contributed by atoms with van der Waals surface area (Å²) in [5.74, 6) is -1.11. The number of aliphatic carboxylic acids is 1. The molecule has 0 aliphatic heterocycles. The Morgan fingerprint density at radius 2 is 2.00 bits per heavy atom. The second-order valence-electron chi connectivity index (χ2n) is 4.57. The van der Waals surface area contributed by atoms with Gasteiger partial charge in [-0.3, -0.25) is 4.79 Å². The number of rotatable bonds is 9. The molecule has 0 saturated carbocycles. The van der Waals surface area contributed by atoms with Crippen LogP contribution in [0.1, 0.15) is 46.0 Å². The first-order chi connectivity index (χ1) is 8.49. The molecule has 1 N–H and O–H groups in total. The third-order valence-electron chi connectivity index (χ3n) is 3.24. The van der Waals surface area contributed by atoms with Crippen molar-refractivity contribution in [1.29, 1.82) is 0 Å². The molecule has 18 heavy (non-hydrogen) atoms. The van der Waals surface area contributed by atoms with Crippen LogP contribution in [0.4, 0.5) is 0 Å². The fourth-order valence-electron chi connectivity index (χ4n) is 1.98. The predicted molar refractivity (Wildman–Crippen MR) is 72.3 cm³/mol. The summed E-state index contributed by atoms with van der Waals surface area (Å²) < 4.78 is 0. The van der Waals surface area contributed by atoms with E-state index >= 15 is 0 Å². The quantitative estimate of drug-likeness (QED) is 0.644. The topological polar surface area (TPSA) is 57.6 Å². The molecule has 0 bridgehead atoms. The molecule has 0 aliphatic rings. The number of hydrogen-bond donors (Lipinski definition) is 1. The van der Waals surface area contributed by atoms with Gasteiger partial charge in [-0.2, -0.15) is 0 Å². The molecule has 1 amide bonds. The smallest absolute Gasteiger partial charge is 0.326 e. The number of carbonyl (C=O) groups excluding carboxylic acids is 1. The zero-order valence-corrected chi connectivity index (χ0v) is 11.7. The monoisotopic (exact) mass is 255 g/mol. The van der Waals surface area contributed by atoms with E-state index in [4.69, 9.17) is 5.11 Å². The van der Waals surface area contributed by atoms with Gasteiger partial charge in [0.1, 0.15) is 6.04 Å². The first-order valence-corrected chi connectivity index (χ1v) is 6.59. The van der Waals surface area contributed by atoms with Crippen molar-refractivity contribution in [2.45, 2.75) is 52.0 Å². The van der Waals surface area contributed by atoms with Crippen LogP contribution in [0.2, 0.25) is 0 Å². The maximum absolute atomic E-state index is 12.2. The number of unbranched alkanes of at least 4 members (excludes halogenated alkanes) is 1. The van der Waals surface area contributed by atoms with E-state index in [1.807, 2.05) is 6.92 Å². The van der Waals surface area contributed by atoms with Gasteiger partial charge in [0.2, 0.25) is 5.91 Å². The summed E-state index contributed by atoms with van der Waals surface area (Å²) in [5, 5.41) is 9.11. The summed E-state index contributed by atoms with van der Waals surface area (Å²) in [6.07, 6.45) is 5.44. The summed E-state index contributed by atoms with van der Waals surface area (Å²) in [7, 11) is 1.57. The van der Waals surface area contributed by atoms with Crippen molar-refractivity contribution in [3.63, 3.8) is 0 Å². The summed E-state index contributed by atoms with van der Waals surface area (Å²) in [6, 6.07) is -0.800. The molecule has 0 aromatic heterocycles. The van der Waals surface area contributed by atoms with Crippen molar-refractivity contribution < 1.29 is 14.7 Å². The van der Waals surface area contributed by atoms with Crippen LogP contribution in [0, 0.1) is 5.92 Å². The Kier molecular flexibility index (Phi) is 8.08. The second-order valence-corrected chi connectivity index (χ2v) is 4.57. The molecule has 0 spiro atoms. The molecule has 4 heteroatoms. The van der Waals surface area contributed by atoms with E-state index in [0.29, 0.717) is 0 Å². The average Bonchev–Trinajstić information content (AvgIpc) is 2.35. The first kappa shape index (κ1) is 16.7. The average molecular weight is 255 g/mol. The highest BCUT2D eigenvalue weighted by molar-refractivity contribution is 5.84. The van der Waals surface area contributed by atoms with Gasteiger partial charge in [0.05, 0.1) is 0 Å². The van der Waals surface area contributed by atoms with Crippen LogP contribution in [-0.4, -0.2) is 35.0 Å². The van der Waals surface area contributed by atoms with Gasteiger partial charge >= 0.3 is 5.97 Å². The van der Waals surface area contributed by atoms with Crippen molar-refractivity contribution >= 4 is 11.9 Å². The third kappa shape index (κ3) is 4.90. The van der Waals surface area contributed by atoms with Crippen LogP contribution in [0.25, 0.3) is 0 Å². The molecule has 0 radical (unpaired) electrons. The van der Waals surface area contributed by atoms with Gasteiger partial charge in [0.15, 0.2) is 0 Å². The summed E-state index contributed by atoms with van der Waals surface area (Å²) >= 11 is 0. The van der Waals surface area contributed by atoms with Crippen LogP contribution in [0.3, 0.4) is 0 Å². The minimum absolute atomic E-state index is 0.0679. The number of hydrogen-bond acceptors (Lipinski definition) is 2. The number of amides is 1. The molecule has 0 fully saturated rings. The van der Waals surface area contributed by atoms with Crippen molar-refractivity contribution in [2.24, 2.45) is 5.92 Å². The Balaban J connectivity index is 4.69. The molecular weight excluding hydrogens is 230 g/mol. The van der Waals surface area contributed by atoms with Crippen molar-refractivity contribution in [3.8, 4) is 0 Å². The molecule has 0 heterocycles. The molecule has 0 aliphatic carbocycles. The Bertz CT molecular complexity index is 289. The minimum Gasteiger partial charge on any atom is -0.480 e. The molecule has 0 saturated heterocycles. The Morgan fingerprint density at radius 1 is 1.39 bits per heavy atom. The number of nitrogens with zero attached hydrogens (tertiary/aromatic N) is 1. The van der Waals surface area contributed by atoms with E-state index in [1.54, 1.807) is 7.05 Å². The lowest BCUT2D eigenvalue weighted by Crippen LogP contribution is -2.44. The van der Waals surface area contributed by atoms with Gasteiger partial charge in [0, 0.05) is 13.0 Å². The van der Waals surface area contributed by atoms with E-state index in [9.17, 15) is 9.59 Å². The fraction of sp³-hybridized carbons (Fsp3) is 0.714.